The molecule has 0 aliphatic carbocycles. The number of piperazine rings is 1. The Balaban J connectivity index is 2.23. The maximum absolute atomic E-state index is 3.68. The summed E-state index contributed by atoms with van der Waals surface area (Å²) >= 11 is 3.64. The van der Waals surface area contributed by atoms with Gasteiger partial charge in [-0.1, -0.05) is 42.8 Å². The third-order valence-corrected chi connectivity index (χ3v) is 4.96. The Bertz CT molecular complexity index is 451. The summed E-state index contributed by atoms with van der Waals surface area (Å²) in [6.45, 7) is 13.5. The van der Waals surface area contributed by atoms with Crippen LogP contribution in [0.5, 0.6) is 0 Å². The molecule has 2 unspecified atom stereocenters. The normalized spacial score (nSPS) is 24.6. The Kier molecular flexibility index (Phi) is 4.26. The van der Waals surface area contributed by atoms with Crippen molar-refractivity contribution in [2.75, 3.05) is 18.0 Å². The largest absolute Gasteiger partial charge is 0.366 e. The van der Waals surface area contributed by atoms with Gasteiger partial charge in [0.15, 0.2) is 0 Å². The second-order valence-corrected chi connectivity index (χ2v) is 7.62. The Labute approximate surface area is 125 Å². The molecule has 0 bridgehead atoms. The minimum Gasteiger partial charge on any atom is -0.366 e. The molecule has 19 heavy (non-hydrogen) atoms. The summed E-state index contributed by atoms with van der Waals surface area (Å²) in [7, 11) is 0. The molecule has 0 radical (unpaired) electrons. The van der Waals surface area contributed by atoms with Crippen LogP contribution in [0.2, 0.25) is 0 Å². The van der Waals surface area contributed by atoms with Crippen molar-refractivity contribution in [3.05, 3.63) is 28.2 Å². The molecule has 3 heteroatoms. The number of hydrogen-bond acceptors (Lipinski definition) is 2. The fraction of sp³-hybridized carbons (Fsp3) is 0.625. The molecule has 1 N–H and O–H groups in total. The predicted molar refractivity (Wildman–Crippen MR) is 86.9 cm³/mol. The van der Waals surface area contributed by atoms with Crippen LogP contribution in [0.25, 0.3) is 0 Å². The van der Waals surface area contributed by atoms with Gasteiger partial charge in [0.2, 0.25) is 0 Å². The molecule has 0 saturated carbocycles. The second kappa shape index (κ2) is 5.45. The third-order valence-electron chi connectivity index (χ3n) is 4.10. The highest BCUT2D eigenvalue weighted by atomic mass is 79.9. The van der Waals surface area contributed by atoms with Crippen molar-refractivity contribution in [1.82, 2.24) is 5.32 Å². The minimum absolute atomic E-state index is 0.292. The van der Waals surface area contributed by atoms with E-state index in [1.54, 1.807) is 0 Å². The van der Waals surface area contributed by atoms with Crippen LogP contribution in [-0.2, 0) is 0 Å². The molecule has 0 spiro atoms. The fourth-order valence-corrected chi connectivity index (χ4v) is 2.93. The summed E-state index contributed by atoms with van der Waals surface area (Å²) in [6.07, 6.45) is 0. The number of hydrogen-bond donors (Lipinski definition) is 1. The Morgan fingerprint density at radius 1 is 1.32 bits per heavy atom. The van der Waals surface area contributed by atoms with E-state index in [1.807, 2.05) is 0 Å². The number of rotatable bonds is 1. The lowest BCUT2D eigenvalue weighted by Gasteiger charge is -2.45. The minimum atomic E-state index is 0.292. The molecule has 2 atom stereocenters. The lowest BCUT2D eigenvalue weighted by atomic mass is 9.84. The Morgan fingerprint density at radius 3 is 2.58 bits per heavy atom. The number of nitrogens with one attached hydrogen (secondary N) is 1. The van der Waals surface area contributed by atoms with Gasteiger partial charge >= 0.3 is 0 Å². The molecule has 1 heterocycles. The molecule has 106 valence electrons. The van der Waals surface area contributed by atoms with Crippen LogP contribution in [0.1, 0.15) is 33.3 Å². The van der Waals surface area contributed by atoms with E-state index in [9.17, 15) is 0 Å². The zero-order valence-corrected chi connectivity index (χ0v) is 14.2. The molecule has 1 fully saturated rings. The van der Waals surface area contributed by atoms with Crippen molar-refractivity contribution >= 4 is 21.6 Å². The third kappa shape index (κ3) is 3.32. The van der Waals surface area contributed by atoms with E-state index in [1.165, 1.54) is 15.7 Å². The predicted octanol–water partition coefficient (Wildman–Crippen LogP) is 3.97. The maximum Gasteiger partial charge on any atom is 0.0387 e. The van der Waals surface area contributed by atoms with Gasteiger partial charge in [0.25, 0.3) is 0 Å². The quantitative estimate of drug-likeness (QED) is 0.840. The molecule has 0 amide bonds. The van der Waals surface area contributed by atoms with Crippen LogP contribution in [0.3, 0.4) is 0 Å². The van der Waals surface area contributed by atoms with Gasteiger partial charge in [-0.3, -0.25) is 0 Å². The summed E-state index contributed by atoms with van der Waals surface area (Å²) in [5.74, 6) is 0. The number of nitrogens with zero attached hydrogens (tertiary/aromatic N) is 1. The molecule has 2 nitrogen and oxygen atoms in total. The van der Waals surface area contributed by atoms with Gasteiger partial charge in [-0.25, -0.2) is 0 Å². The summed E-state index contributed by atoms with van der Waals surface area (Å²) in [5.41, 5.74) is 2.90. The van der Waals surface area contributed by atoms with Crippen LogP contribution in [0.15, 0.2) is 22.7 Å². The highest BCUT2D eigenvalue weighted by Gasteiger charge is 2.32. The highest BCUT2D eigenvalue weighted by molar-refractivity contribution is 9.10. The topological polar surface area (TPSA) is 15.3 Å². The van der Waals surface area contributed by atoms with Crippen LogP contribution < -0.4 is 10.2 Å². The van der Waals surface area contributed by atoms with Gasteiger partial charge in [-0.15, -0.1) is 0 Å². The SMILES string of the molecule is Cc1ccc(N2CC(C(C)(C)C)NCC2C)cc1Br. The number of anilines is 1. The molecular formula is C16H25BrN2. The molecule has 1 saturated heterocycles. The molecule has 0 aromatic heterocycles. The average Bonchev–Trinajstić information content (AvgIpc) is 2.32. The second-order valence-electron chi connectivity index (χ2n) is 6.76. The molecule has 1 aromatic carbocycles. The van der Waals surface area contributed by atoms with Crippen LogP contribution in [0.4, 0.5) is 5.69 Å². The van der Waals surface area contributed by atoms with Gasteiger partial charge in [0.05, 0.1) is 0 Å². The van der Waals surface area contributed by atoms with E-state index in [0.29, 0.717) is 17.5 Å². The smallest absolute Gasteiger partial charge is 0.0387 e. The van der Waals surface area contributed by atoms with Gasteiger partial charge in [0, 0.05) is 35.3 Å². The molecular weight excluding hydrogens is 300 g/mol. The number of halogens is 1. The Hall–Kier alpha value is -0.540. The fourth-order valence-electron chi connectivity index (χ4n) is 2.56. The van der Waals surface area contributed by atoms with Gasteiger partial charge in [-0.2, -0.15) is 0 Å². The van der Waals surface area contributed by atoms with E-state index >= 15 is 0 Å². The van der Waals surface area contributed by atoms with Crippen LogP contribution in [-0.4, -0.2) is 25.2 Å². The van der Waals surface area contributed by atoms with Gasteiger partial charge in [-0.05, 0) is 37.0 Å². The molecule has 1 aromatic rings. The van der Waals surface area contributed by atoms with Crippen molar-refractivity contribution in [3.63, 3.8) is 0 Å². The standard InChI is InChI=1S/C16H25BrN2/c1-11-6-7-13(8-14(11)17)19-10-15(16(3,4)5)18-9-12(19)2/h6-8,12,15,18H,9-10H2,1-5H3. The summed E-state index contributed by atoms with van der Waals surface area (Å²) in [6, 6.07) is 7.75. The molecule has 1 aliphatic heterocycles. The van der Waals surface area contributed by atoms with Crippen molar-refractivity contribution < 1.29 is 0 Å². The number of aryl methyl sites for hydroxylation is 1. The van der Waals surface area contributed by atoms with E-state index in [-0.39, 0.29) is 0 Å². The first-order chi connectivity index (χ1) is 8.79. The van der Waals surface area contributed by atoms with Crippen molar-refractivity contribution in [1.29, 1.82) is 0 Å². The zero-order valence-electron chi connectivity index (χ0n) is 12.6. The van der Waals surface area contributed by atoms with Crippen molar-refractivity contribution in [3.8, 4) is 0 Å². The summed E-state index contributed by atoms with van der Waals surface area (Å²) in [4.78, 5) is 2.52. The first-order valence-corrected chi connectivity index (χ1v) is 7.84. The van der Waals surface area contributed by atoms with E-state index < -0.39 is 0 Å². The van der Waals surface area contributed by atoms with Crippen molar-refractivity contribution in [2.24, 2.45) is 5.41 Å². The lowest BCUT2D eigenvalue weighted by Crippen LogP contribution is -2.59. The van der Waals surface area contributed by atoms with E-state index in [2.05, 4.69) is 79.0 Å². The highest BCUT2D eigenvalue weighted by Crippen LogP contribution is 2.29. The first kappa shape index (κ1) is 14.9. The molecule has 1 aliphatic rings. The monoisotopic (exact) mass is 324 g/mol. The summed E-state index contributed by atoms with van der Waals surface area (Å²) in [5, 5.41) is 3.68. The van der Waals surface area contributed by atoms with Crippen molar-refractivity contribution in [2.45, 2.75) is 46.7 Å². The zero-order chi connectivity index (χ0) is 14.2. The van der Waals surface area contributed by atoms with Crippen LogP contribution >= 0.6 is 15.9 Å². The van der Waals surface area contributed by atoms with Gasteiger partial charge < -0.3 is 10.2 Å². The first-order valence-electron chi connectivity index (χ1n) is 7.05. The van der Waals surface area contributed by atoms with Crippen LogP contribution in [0, 0.1) is 12.3 Å². The summed E-state index contributed by atoms with van der Waals surface area (Å²) < 4.78 is 1.20. The molecule has 2 rings (SSSR count). The van der Waals surface area contributed by atoms with Gasteiger partial charge in [0.1, 0.15) is 0 Å². The Morgan fingerprint density at radius 2 is 2.00 bits per heavy atom. The van der Waals surface area contributed by atoms with E-state index in [4.69, 9.17) is 0 Å². The number of benzene rings is 1. The average molecular weight is 325 g/mol. The maximum atomic E-state index is 3.68. The van der Waals surface area contributed by atoms with E-state index in [0.717, 1.165) is 13.1 Å². The lowest BCUT2D eigenvalue weighted by molar-refractivity contribution is 0.239.